The first-order valence-electron chi connectivity index (χ1n) is 14.2. The van der Waals surface area contributed by atoms with Crippen LogP contribution in [0.15, 0.2) is 0 Å². The third kappa shape index (κ3) is 7.23. The van der Waals surface area contributed by atoms with E-state index in [9.17, 15) is 10.1 Å². The fourth-order valence-electron chi connectivity index (χ4n) is 6.89. The molecule has 0 heterocycles. The van der Waals surface area contributed by atoms with Crippen LogP contribution in [0.5, 0.6) is 0 Å². The molecule has 182 valence electrons. The summed E-state index contributed by atoms with van der Waals surface area (Å²) in [6.45, 7) is 4.52. The van der Waals surface area contributed by atoms with Crippen LogP contribution < -0.4 is 0 Å². The van der Waals surface area contributed by atoms with Crippen LogP contribution in [0.25, 0.3) is 0 Å². The molecule has 0 unspecified atom stereocenters. The number of carbonyl (C=O) groups is 1. The van der Waals surface area contributed by atoms with E-state index in [1.165, 1.54) is 77.0 Å². The molecule has 3 saturated carbocycles. The van der Waals surface area contributed by atoms with Gasteiger partial charge in [-0.3, -0.25) is 4.79 Å². The predicted octanol–water partition coefficient (Wildman–Crippen LogP) is 8.37. The summed E-state index contributed by atoms with van der Waals surface area (Å²) in [7, 11) is 0. The lowest BCUT2D eigenvalue weighted by atomic mass is 9.64. The van der Waals surface area contributed by atoms with Gasteiger partial charge in [0.1, 0.15) is 6.10 Å². The van der Waals surface area contributed by atoms with Gasteiger partial charge in [0, 0.05) is 0 Å². The van der Waals surface area contributed by atoms with Gasteiger partial charge in [0.2, 0.25) is 0 Å². The molecular weight excluding hydrogens is 394 g/mol. The lowest BCUT2D eigenvalue weighted by Crippen LogP contribution is -2.34. The Labute approximate surface area is 198 Å². The zero-order chi connectivity index (χ0) is 22.8. The van der Waals surface area contributed by atoms with Gasteiger partial charge in [-0.05, 0) is 101 Å². The molecule has 32 heavy (non-hydrogen) atoms. The Morgan fingerprint density at radius 1 is 0.844 bits per heavy atom. The van der Waals surface area contributed by atoms with Crippen molar-refractivity contribution in [1.29, 1.82) is 5.26 Å². The molecule has 0 aromatic heterocycles. The molecule has 3 heteroatoms. The van der Waals surface area contributed by atoms with E-state index < -0.39 is 0 Å². The quantitative estimate of drug-likeness (QED) is 0.252. The Kier molecular flexibility index (Phi) is 10.4. The average molecular weight is 444 g/mol. The molecule has 3 aliphatic rings. The van der Waals surface area contributed by atoms with Crippen molar-refractivity contribution in [3.8, 4) is 6.07 Å². The minimum atomic E-state index is -0.0355. The molecule has 3 aliphatic carbocycles. The highest BCUT2D eigenvalue weighted by Crippen LogP contribution is 2.47. The summed E-state index contributed by atoms with van der Waals surface area (Å²) < 4.78 is 5.98. The molecule has 3 fully saturated rings. The lowest BCUT2D eigenvalue weighted by molar-refractivity contribution is -0.157. The van der Waals surface area contributed by atoms with Crippen molar-refractivity contribution in [2.75, 3.05) is 0 Å². The zero-order valence-electron chi connectivity index (χ0n) is 21.1. The van der Waals surface area contributed by atoms with Crippen molar-refractivity contribution >= 4 is 5.97 Å². The van der Waals surface area contributed by atoms with E-state index in [1.54, 1.807) is 0 Å². The van der Waals surface area contributed by atoms with Gasteiger partial charge in [-0.25, -0.2) is 0 Å². The molecule has 0 aromatic carbocycles. The number of unbranched alkanes of at least 4 members (excludes halogenated alkanes) is 4. The molecule has 0 aromatic rings. The van der Waals surface area contributed by atoms with Crippen LogP contribution in [0.1, 0.15) is 136 Å². The highest BCUT2D eigenvalue weighted by atomic mass is 16.5. The number of hydrogen-bond acceptors (Lipinski definition) is 3. The van der Waals surface area contributed by atoms with Gasteiger partial charge in [-0.15, -0.1) is 0 Å². The smallest absolute Gasteiger partial charge is 0.309 e. The van der Waals surface area contributed by atoms with Crippen molar-refractivity contribution in [1.82, 2.24) is 0 Å². The molecule has 0 saturated heterocycles. The lowest BCUT2D eigenvalue weighted by Gasteiger charge is -2.40. The van der Waals surface area contributed by atoms with Crippen molar-refractivity contribution < 1.29 is 9.53 Å². The Hall–Kier alpha value is -1.04. The van der Waals surface area contributed by atoms with E-state index in [0.29, 0.717) is 0 Å². The summed E-state index contributed by atoms with van der Waals surface area (Å²) in [5, 5.41) is 9.90. The summed E-state index contributed by atoms with van der Waals surface area (Å²) in [6, 6.07) is 2.74. The number of carbonyl (C=O) groups excluding carboxylic acids is 1. The van der Waals surface area contributed by atoms with Crippen molar-refractivity contribution in [2.45, 2.75) is 142 Å². The van der Waals surface area contributed by atoms with E-state index in [-0.39, 0.29) is 23.4 Å². The monoisotopic (exact) mass is 443 g/mol. The number of nitrogens with zero attached hydrogens (tertiary/aromatic N) is 1. The molecule has 3 rings (SSSR count). The van der Waals surface area contributed by atoms with Gasteiger partial charge in [0.15, 0.2) is 0 Å². The molecule has 0 bridgehead atoms. The molecule has 0 radical (unpaired) electrons. The zero-order valence-corrected chi connectivity index (χ0v) is 21.1. The number of esters is 1. The predicted molar refractivity (Wildman–Crippen MR) is 131 cm³/mol. The first-order valence-corrected chi connectivity index (χ1v) is 14.2. The number of ether oxygens (including phenoxy) is 1. The maximum absolute atomic E-state index is 12.6. The standard InChI is InChI=1S/C29H49NO2/c1-3-5-6-7-8-19-29(22-30)20-17-25(18-21-29)24-13-15-27(16-14-24)32-28(31)26-11-9-23(4-2)10-12-26/h23-27H,3-21H2,1-2H3. The summed E-state index contributed by atoms with van der Waals surface area (Å²) in [4.78, 5) is 12.6. The highest BCUT2D eigenvalue weighted by Gasteiger charge is 2.39. The van der Waals surface area contributed by atoms with Gasteiger partial charge in [0.05, 0.1) is 17.4 Å². The number of hydrogen-bond donors (Lipinski definition) is 0. The summed E-state index contributed by atoms with van der Waals surface area (Å²) in [5.74, 6) is 2.66. The van der Waals surface area contributed by atoms with Crippen molar-refractivity contribution in [3.05, 3.63) is 0 Å². The van der Waals surface area contributed by atoms with E-state index >= 15 is 0 Å². The van der Waals surface area contributed by atoms with Crippen LogP contribution in [0, 0.1) is 40.4 Å². The van der Waals surface area contributed by atoms with Gasteiger partial charge in [0.25, 0.3) is 0 Å². The summed E-state index contributed by atoms with van der Waals surface area (Å²) in [6.07, 6.45) is 22.7. The first kappa shape index (κ1) is 25.6. The second-order valence-electron chi connectivity index (χ2n) is 11.5. The van der Waals surface area contributed by atoms with Gasteiger partial charge in [-0.1, -0.05) is 52.4 Å². The average Bonchev–Trinajstić information content (AvgIpc) is 2.85. The molecule has 0 aliphatic heterocycles. The maximum atomic E-state index is 12.6. The van der Waals surface area contributed by atoms with E-state index in [1.807, 2.05) is 0 Å². The van der Waals surface area contributed by atoms with Crippen LogP contribution >= 0.6 is 0 Å². The molecule has 0 atom stereocenters. The Balaban J connectivity index is 1.34. The SMILES string of the molecule is CCCCCCCC1(C#N)CCC(C2CCC(OC(=O)C3CCC(CC)CC3)CC2)CC1. The maximum Gasteiger partial charge on any atom is 0.309 e. The second kappa shape index (κ2) is 13.0. The molecular formula is C29H49NO2. The topological polar surface area (TPSA) is 50.1 Å². The van der Waals surface area contributed by atoms with E-state index in [4.69, 9.17) is 4.74 Å². The van der Waals surface area contributed by atoms with Crippen molar-refractivity contribution in [2.24, 2.45) is 29.1 Å². The molecule has 0 N–H and O–H groups in total. The second-order valence-corrected chi connectivity index (χ2v) is 11.5. The number of nitriles is 1. The normalized spacial score (nSPS) is 35.7. The van der Waals surface area contributed by atoms with Gasteiger partial charge in [-0.2, -0.15) is 5.26 Å². The van der Waals surface area contributed by atoms with E-state index in [0.717, 1.165) is 62.7 Å². The third-order valence-electron chi connectivity index (χ3n) is 9.41. The largest absolute Gasteiger partial charge is 0.462 e. The summed E-state index contributed by atoms with van der Waals surface area (Å²) in [5.41, 5.74) is -0.0355. The highest BCUT2D eigenvalue weighted by molar-refractivity contribution is 5.72. The molecule has 3 nitrogen and oxygen atoms in total. The van der Waals surface area contributed by atoms with Crippen LogP contribution in [-0.4, -0.2) is 12.1 Å². The van der Waals surface area contributed by atoms with Crippen LogP contribution in [0.3, 0.4) is 0 Å². The van der Waals surface area contributed by atoms with Gasteiger partial charge < -0.3 is 4.74 Å². The van der Waals surface area contributed by atoms with E-state index in [2.05, 4.69) is 19.9 Å². The number of rotatable bonds is 10. The minimum absolute atomic E-state index is 0.0355. The minimum Gasteiger partial charge on any atom is -0.462 e. The molecule has 0 spiro atoms. The Bertz CT molecular complexity index is 585. The van der Waals surface area contributed by atoms with Gasteiger partial charge >= 0.3 is 5.97 Å². The first-order chi connectivity index (χ1) is 15.6. The Morgan fingerprint density at radius 3 is 2.06 bits per heavy atom. The fraction of sp³-hybridized carbons (Fsp3) is 0.931. The molecule has 0 amide bonds. The van der Waals surface area contributed by atoms with Crippen molar-refractivity contribution in [3.63, 3.8) is 0 Å². The Morgan fingerprint density at radius 2 is 1.47 bits per heavy atom. The van der Waals surface area contributed by atoms with Crippen LogP contribution in [-0.2, 0) is 9.53 Å². The van der Waals surface area contributed by atoms with Crippen LogP contribution in [0.2, 0.25) is 0 Å². The van der Waals surface area contributed by atoms with Crippen LogP contribution in [0.4, 0.5) is 0 Å². The third-order valence-corrected chi connectivity index (χ3v) is 9.41. The summed E-state index contributed by atoms with van der Waals surface area (Å²) >= 11 is 0. The fourth-order valence-corrected chi connectivity index (χ4v) is 6.89.